The fourth-order valence-corrected chi connectivity index (χ4v) is 1.74. The molecule has 0 radical (unpaired) electrons. The number of alkyl halides is 3. The lowest BCUT2D eigenvalue weighted by atomic mass is 10.2. The summed E-state index contributed by atoms with van der Waals surface area (Å²) in [5.74, 6) is 0. The van der Waals surface area contributed by atoms with Gasteiger partial charge < -0.3 is 5.32 Å². The minimum absolute atomic E-state index is 0.257. The molecule has 0 unspecified atom stereocenters. The molecular weight excluding hydrogens is 255 g/mol. The number of anilines is 1. The van der Waals surface area contributed by atoms with Gasteiger partial charge in [0.25, 0.3) is 0 Å². The van der Waals surface area contributed by atoms with Crippen LogP contribution in [0.2, 0.25) is 0 Å². The maximum Gasteiger partial charge on any atom is 0.433 e. The molecule has 102 valence electrons. The molecule has 1 heterocycles. The molecule has 0 atom stereocenters. The number of hydrogen-bond acceptors (Lipinski definition) is 2. The van der Waals surface area contributed by atoms with E-state index in [-0.39, 0.29) is 6.54 Å². The Morgan fingerprint density at radius 3 is 2.37 bits per heavy atom. The molecule has 1 N–H and O–H groups in total. The summed E-state index contributed by atoms with van der Waals surface area (Å²) in [7, 11) is 1.29. The van der Waals surface area contributed by atoms with Gasteiger partial charge in [0.05, 0.1) is 12.2 Å². The largest absolute Gasteiger partial charge is 0.433 e. The van der Waals surface area contributed by atoms with Crippen LogP contribution >= 0.6 is 0 Å². The van der Waals surface area contributed by atoms with Crippen molar-refractivity contribution in [3.8, 4) is 0 Å². The molecule has 2 rings (SSSR count). The molecule has 6 heteroatoms. The Hall–Kier alpha value is -1.98. The van der Waals surface area contributed by atoms with E-state index in [0.29, 0.717) is 5.69 Å². The predicted molar refractivity (Wildman–Crippen MR) is 66.7 cm³/mol. The molecule has 0 aliphatic rings. The van der Waals surface area contributed by atoms with Gasteiger partial charge >= 0.3 is 6.18 Å². The Labute approximate surface area is 109 Å². The first-order valence-electron chi connectivity index (χ1n) is 5.77. The van der Waals surface area contributed by atoms with Crippen molar-refractivity contribution in [2.24, 2.45) is 7.05 Å². The molecule has 19 heavy (non-hydrogen) atoms. The van der Waals surface area contributed by atoms with Crippen molar-refractivity contribution in [1.82, 2.24) is 9.78 Å². The number of nitrogens with one attached hydrogen (secondary N) is 1. The fraction of sp³-hybridized carbons (Fsp3) is 0.308. The van der Waals surface area contributed by atoms with Crippen LogP contribution in [0.3, 0.4) is 0 Å². The van der Waals surface area contributed by atoms with Gasteiger partial charge in [-0.25, -0.2) is 0 Å². The van der Waals surface area contributed by atoms with E-state index < -0.39 is 11.9 Å². The number of halogens is 3. The number of rotatable bonds is 3. The van der Waals surface area contributed by atoms with E-state index in [4.69, 9.17) is 0 Å². The van der Waals surface area contributed by atoms with Gasteiger partial charge in [0.1, 0.15) is 5.69 Å². The summed E-state index contributed by atoms with van der Waals surface area (Å²) in [4.78, 5) is 0. The van der Waals surface area contributed by atoms with E-state index in [2.05, 4.69) is 10.4 Å². The number of aromatic nitrogens is 2. The average molecular weight is 269 g/mol. The summed E-state index contributed by atoms with van der Waals surface area (Å²) in [5.41, 5.74) is 1.59. The quantitative estimate of drug-likeness (QED) is 0.926. The molecule has 0 saturated heterocycles. The van der Waals surface area contributed by atoms with Crippen LogP contribution in [0.1, 0.15) is 17.0 Å². The second-order valence-corrected chi connectivity index (χ2v) is 4.36. The molecule has 0 fully saturated rings. The van der Waals surface area contributed by atoms with Crippen LogP contribution in [0.4, 0.5) is 18.9 Å². The van der Waals surface area contributed by atoms with Gasteiger partial charge in [-0.15, -0.1) is 0 Å². The van der Waals surface area contributed by atoms with Gasteiger partial charge in [-0.1, -0.05) is 17.7 Å². The van der Waals surface area contributed by atoms with Crippen LogP contribution in [0.5, 0.6) is 0 Å². The van der Waals surface area contributed by atoms with Gasteiger partial charge in [0.2, 0.25) is 0 Å². The van der Waals surface area contributed by atoms with E-state index >= 15 is 0 Å². The van der Waals surface area contributed by atoms with Crippen LogP contribution in [-0.4, -0.2) is 9.78 Å². The summed E-state index contributed by atoms with van der Waals surface area (Å²) in [5, 5.41) is 6.88. The van der Waals surface area contributed by atoms with E-state index in [1.807, 2.05) is 31.2 Å². The molecule has 0 aliphatic carbocycles. The lowest BCUT2D eigenvalue weighted by molar-refractivity contribution is -0.143. The van der Waals surface area contributed by atoms with Crippen molar-refractivity contribution >= 4 is 5.69 Å². The normalized spacial score (nSPS) is 11.6. The summed E-state index contributed by atoms with van der Waals surface area (Å²) in [6.07, 6.45) is -4.37. The number of nitrogens with zero attached hydrogens (tertiary/aromatic N) is 2. The van der Waals surface area contributed by atoms with E-state index in [0.717, 1.165) is 22.0 Å². The van der Waals surface area contributed by atoms with E-state index in [1.165, 1.54) is 7.05 Å². The van der Waals surface area contributed by atoms with Crippen molar-refractivity contribution in [2.75, 3.05) is 5.32 Å². The lowest BCUT2D eigenvalue weighted by Crippen LogP contribution is -2.11. The minimum atomic E-state index is -4.37. The zero-order valence-corrected chi connectivity index (χ0v) is 10.6. The van der Waals surface area contributed by atoms with E-state index in [1.54, 1.807) is 0 Å². The van der Waals surface area contributed by atoms with Gasteiger partial charge in [-0.3, -0.25) is 4.68 Å². The highest BCUT2D eigenvalue weighted by molar-refractivity contribution is 5.44. The zero-order valence-electron chi connectivity index (χ0n) is 10.6. The monoisotopic (exact) mass is 269 g/mol. The van der Waals surface area contributed by atoms with Gasteiger partial charge in [-0.05, 0) is 25.1 Å². The molecule has 0 spiro atoms. The summed E-state index contributed by atoms with van der Waals surface area (Å²) < 4.78 is 38.6. The Balaban J connectivity index is 2.06. The van der Waals surface area contributed by atoms with Crippen molar-refractivity contribution in [3.63, 3.8) is 0 Å². The second kappa shape index (κ2) is 4.95. The predicted octanol–water partition coefficient (Wildman–Crippen LogP) is 3.36. The van der Waals surface area contributed by atoms with Gasteiger partial charge in [-0.2, -0.15) is 18.3 Å². The molecule has 3 nitrogen and oxygen atoms in total. The minimum Gasteiger partial charge on any atom is -0.379 e. The van der Waals surface area contributed by atoms with Crippen molar-refractivity contribution in [2.45, 2.75) is 19.6 Å². The van der Waals surface area contributed by atoms with Crippen molar-refractivity contribution in [1.29, 1.82) is 0 Å². The summed E-state index contributed by atoms with van der Waals surface area (Å²) in [6, 6.07) is 8.68. The standard InChI is InChI=1S/C13H14F3N3/c1-9-3-5-10(6-4-9)17-8-11-7-12(13(14,15)16)19(2)18-11/h3-7,17H,8H2,1-2H3. The van der Waals surface area contributed by atoms with Crippen LogP contribution in [0.25, 0.3) is 0 Å². The molecule has 1 aromatic carbocycles. The number of aryl methyl sites for hydroxylation is 2. The SMILES string of the molecule is Cc1ccc(NCc2cc(C(F)(F)F)n(C)n2)cc1. The number of hydrogen-bond donors (Lipinski definition) is 1. The Kier molecular flexibility index (Phi) is 3.50. The first-order chi connectivity index (χ1) is 8.86. The smallest absolute Gasteiger partial charge is 0.379 e. The lowest BCUT2D eigenvalue weighted by Gasteiger charge is -2.04. The highest BCUT2D eigenvalue weighted by Gasteiger charge is 2.34. The molecule has 1 aromatic heterocycles. The highest BCUT2D eigenvalue weighted by Crippen LogP contribution is 2.29. The topological polar surface area (TPSA) is 29.9 Å². The third-order valence-corrected chi connectivity index (χ3v) is 2.75. The molecule has 0 saturated carbocycles. The van der Waals surface area contributed by atoms with Crippen LogP contribution in [0, 0.1) is 6.92 Å². The first kappa shape index (κ1) is 13.5. The third kappa shape index (κ3) is 3.27. The highest BCUT2D eigenvalue weighted by atomic mass is 19.4. The molecular formula is C13H14F3N3. The van der Waals surface area contributed by atoms with Crippen molar-refractivity contribution < 1.29 is 13.2 Å². The van der Waals surface area contributed by atoms with Crippen LogP contribution < -0.4 is 5.32 Å². The fourth-order valence-electron chi connectivity index (χ4n) is 1.74. The van der Waals surface area contributed by atoms with Crippen LogP contribution in [0.15, 0.2) is 30.3 Å². The Bertz CT molecular complexity index is 556. The second-order valence-electron chi connectivity index (χ2n) is 4.36. The zero-order chi connectivity index (χ0) is 14.0. The third-order valence-electron chi connectivity index (χ3n) is 2.75. The van der Waals surface area contributed by atoms with Gasteiger partial charge in [0.15, 0.2) is 0 Å². The maximum atomic E-state index is 12.6. The van der Waals surface area contributed by atoms with Crippen molar-refractivity contribution in [3.05, 3.63) is 47.3 Å². The average Bonchev–Trinajstić information content (AvgIpc) is 2.70. The maximum absolute atomic E-state index is 12.6. The molecule has 0 amide bonds. The molecule has 0 aliphatic heterocycles. The van der Waals surface area contributed by atoms with Crippen LogP contribution in [-0.2, 0) is 19.8 Å². The molecule has 2 aromatic rings. The molecule has 0 bridgehead atoms. The first-order valence-corrected chi connectivity index (χ1v) is 5.77. The Morgan fingerprint density at radius 2 is 1.84 bits per heavy atom. The number of benzene rings is 1. The van der Waals surface area contributed by atoms with Gasteiger partial charge in [0, 0.05) is 12.7 Å². The Morgan fingerprint density at radius 1 is 1.21 bits per heavy atom. The van der Waals surface area contributed by atoms with E-state index in [9.17, 15) is 13.2 Å². The summed E-state index contributed by atoms with van der Waals surface area (Å²) >= 11 is 0. The summed E-state index contributed by atoms with van der Waals surface area (Å²) in [6.45, 7) is 2.23.